The van der Waals surface area contributed by atoms with E-state index in [-0.39, 0.29) is 26.1 Å². The summed E-state index contributed by atoms with van der Waals surface area (Å²) in [5.74, 6) is -0.920. The fourth-order valence-electron chi connectivity index (χ4n) is 5.60. The third kappa shape index (κ3) is 46.2. The number of hydrogen-bond acceptors (Lipinski definition) is 8. The summed E-state index contributed by atoms with van der Waals surface area (Å²) >= 11 is 0. The largest absolute Gasteiger partial charge is 0.756 e. The lowest BCUT2D eigenvalue weighted by Crippen LogP contribution is -2.37. The van der Waals surface area contributed by atoms with Crippen LogP contribution < -0.4 is 4.89 Å². The number of likely N-dealkylation sites (N-methyl/N-ethyl adjacent to an activating group) is 1. The van der Waals surface area contributed by atoms with Crippen LogP contribution in [-0.2, 0) is 32.7 Å². The molecule has 0 fully saturated rings. The summed E-state index contributed by atoms with van der Waals surface area (Å²) in [7, 11) is 1.10. The van der Waals surface area contributed by atoms with E-state index in [1.165, 1.54) is 25.7 Å². The second kappa shape index (κ2) is 42.9. The Labute approximate surface area is 378 Å². The number of rotatable bonds is 41. The molecule has 0 saturated heterocycles. The number of phosphoric ester groups is 1. The topological polar surface area (TPSA) is 111 Å². The lowest BCUT2D eigenvalue weighted by atomic mass is 10.1. The zero-order valence-electron chi connectivity index (χ0n) is 39.5. The van der Waals surface area contributed by atoms with Crippen LogP contribution >= 0.6 is 7.82 Å². The predicted molar refractivity (Wildman–Crippen MR) is 258 cm³/mol. The summed E-state index contributed by atoms with van der Waals surface area (Å²) in [5, 5.41) is 0. The third-order valence-corrected chi connectivity index (χ3v) is 10.2. The van der Waals surface area contributed by atoms with E-state index in [1.54, 1.807) is 0 Å². The molecule has 0 heterocycles. The van der Waals surface area contributed by atoms with E-state index >= 15 is 0 Å². The number of phosphoric acid groups is 1. The van der Waals surface area contributed by atoms with Crippen molar-refractivity contribution in [2.24, 2.45) is 0 Å². The van der Waals surface area contributed by atoms with E-state index in [0.717, 1.165) is 89.9 Å². The molecule has 0 aromatic carbocycles. The Balaban J connectivity index is 4.48. The maximum Gasteiger partial charge on any atom is 0.306 e. The molecule has 1 unspecified atom stereocenters. The average Bonchev–Trinajstić information content (AvgIpc) is 3.23. The van der Waals surface area contributed by atoms with Gasteiger partial charge >= 0.3 is 11.9 Å². The van der Waals surface area contributed by atoms with Gasteiger partial charge in [0.1, 0.15) is 19.8 Å². The summed E-state index contributed by atoms with van der Waals surface area (Å²) in [5.41, 5.74) is 0. The summed E-state index contributed by atoms with van der Waals surface area (Å²) < 4.78 is 33.9. The number of unbranched alkanes of at least 4 members (excludes halogenated alkanes) is 9. The van der Waals surface area contributed by atoms with Crippen molar-refractivity contribution >= 4 is 19.8 Å². The van der Waals surface area contributed by atoms with Crippen LogP contribution in [-0.4, -0.2) is 70.0 Å². The third-order valence-electron chi connectivity index (χ3n) is 9.28. The lowest BCUT2D eigenvalue weighted by molar-refractivity contribution is -0.870. The molecule has 0 aliphatic carbocycles. The molecule has 0 aromatic rings. The van der Waals surface area contributed by atoms with Crippen LogP contribution in [0.15, 0.2) is 109 Å². The highest BCUT2D eigenvalue weighted by molar-refractivity contribution is 7.45. The monoisotopic (exact) mass is 884 g/mol. The van der Waals surface area contributed by atoms with Crippen molar-refractivity contribution in [3.05, 3.63) is 109 Å². The molecule has 0 spiro atoms. The Hall–Kier alpha value is -3.33. The van der Waals surface area contributed by atoms with Crippen LogP contribution in [0.25, 0.3) is 0 Å². The van der Waals surface area contributed by atoms with Crippen LogP contribution in [0.1, 0.15) is 155 Å². The maximum atomic E-state index is 12.7. The highest BCUT2D eigenvalue weighted by Crippen LogP contribution is 2.38. The van der Waals surface area contributed by atoms with Gasteiger partial charge in [-0.25, -0.2) is 0 Å². The minimum absolute atomic E-state index is 0.0497. The van der Waals surface area contributed by atoms with E-state index in [4.69, 9.17) is 18.5 Å². The van der Waals surface area contributed by atoms with Crippen LogP contribution in [0.2, 0.25) is 0 Å². The number of allylic oxidation sites excluding steroid dienone is 18. The SMILES string of the molecule is CC/C=C\C/C=C\C/C=C\C/C=C\C/C=C\CCCCCC(=O)OC[C@H](COP(=O)([O-])OCC[N+](C)(C)C)OC(=O)CCCCC/C=C\C/C=C\C/C=C\C/C=C\CCCCC. The van der Waals surface area contributed by atoms with Gasteiger partial charge in [0.05, 0.1) is 27.7 Å². The first-order valence-electron chi connectivity index (χ1n) is 23.6. The first kappa shape index (κ1) is 58.7. The van der Waals surface area contributed by atoms with Crippen molar-refractivity contribution in [2.45, 2.75) is 161 Å². The minimum Gasteiger partial charge on any atom is -0.756 e. The molecule has 10 heteroatoms. The molecule has 62 heavy (non-hydrogen) atoms. The van der Waals surface area contributed by atoms with Crippen molar-refractivity contribution < 1.29 is 42.1 Å². The molecule has 0 saturated carbocycles. The van der Waals surface area contributed by atoms with E-state index < -0.39 is 32.5 Å². The number of quaternary nitrogens is 1. The number of carbonyl (C=O) groups is 2. The number of hydrogen-bond donors (Lipinski definition) is 0. The van der Waals surface area contributed by atoms with Crippen molar-refractivity contribution in [1.82, 2.24) is 0 Å². The van der Waals surface area contributed by atoms with Gasteiger partial charge in [-0.2, -0.15) is 0 Å². The lowest BCUT2D eigenvalue weighted by Gasteiger charge is -2.28. The highest BCUT2D eigenvalue weighted by atomic mass is 31.2. The summed E-state index contributed by atoms with van der Waals surface area (Å²) in [6.45, 7) is 3.98. The van der Waals surface area contributed by atoms with Crippen LogP contribution in [0, 0.1) is 0 Å². The second-order valence-electron chi connectivity index (χ2n) is 16.4. The molecule has 0 aliphatic rings. The standard InChI is InChI=1S/C52H86NO8P/c1-6-8-10-12-14-16-18-20-22-24-26-28-30-32-34-36-38-40-42-44-51(54)58-48-50(49-60-62(56,57)59-47-46-53(3,4)5)61-52(55)45-43-41-39-37-35-33-31-29-27-25-23-21-19-17-15-13-11-9-7-2/h8,10,14-17,20-23,26-29,32-35,50H,6-7,9,11-13,18-19,24-25,30-31,36-49H2,1-5H3/b10-8-,16-14-,17-15-,22-20-,23-21-,28-26-,29-27-,34-32-,35-33-/t50-/m1/s1. The molecular formula is C52H86NO8P. The quantitative estimate of drug-likeness (QED) is 0.0196. The van der Waals surface area contributed by atoms with Gasteiger partial charge in [0.15, 0.2) is 6.10 Å². The van der Waals surface area contributed by atoms with Crippen LogP contribution in [0.3, 0.4) is 0 Å². The zero-order chi connectivity index (χ0) is 45.7. The van der Waals surface area contributed by atoms with Gasteiger partial charge in [0.2, 0.25) is 0 Å². The van der Waals surface area contributed by atoms with Gasteiger partial charge in [-0.05, 0) is 103 Å². The Bertz CT molecular complexity index is 1420. The summed E-state index contributed by atoms with van der Waals surface area (Å²) in [6, 6.07) is 0. The molecule has 9 nitrogen and oxygen atoms in total. The molecular weight excluding hydrogens is 798 g/mol. The fraction of sp³-hybridized carbons (Fsp3) is 0.615. The molecule has 2 atom stereocenters. The van der Waals surface area contributed by atoms with Crippen molar-refractivity contribution in [1.29, 1.82) is 0 Å². The van der Waals surface area contributed by atoms with E-state index in [2.05, 4.69) is 123 Å². The zero-order valence-corrected chi connectivity index (χ0v) is 40.4. The molecule has 0 aromatic heterocycles. The van der Waals surface area contributed by atoms with E-state index in [0.29, 0.717) is 23.9 Å². The first-order valence-corrected chi connectivity index (χ1v) is 25.1. The van der Waals surface area contributed by atoms with Crippen molar-refractivity contribution in [2.75, 3.05) is 47.5 Å². The number of nitrogens with zero attached hydrogens (tertiary/aromatic N) is 1. The highest BCUT2D eigenvalue weighted by Gasteiger charge is 2.21. The Morgan fingerprint density at radius 1 is 0.516 bits per heavy atom. The summed E-state index contributed by atoms with van der Waals surface area (Å²) in [4.78, 5) is 37.6. The number of esters is 2. The number of carbonyl (C=O) groups excluding carboxylic acids is 2. The van der Waals surface area contributed by atoms with Gasteiger partial charge in [0.25, 0.3) is 7.82 Å². The van der Waals surface area contributed by atoms with Crippen molar-refractivity contribution in [3.63, 3.8) is 0 Å². The molecule has 0 radical (unpaired) electrons. The molecule has 0 amide bonds. The fourth-order valence-corrected chi connectivity index (χ4v) is 6.33. The molecule has 0 N–H and O–H groups in total. The Morgan fingerprint density at radius 2 is 0.919 bits per heavy atom. The summed E-state index contributed by atoms with van der Waals surface area (Å²) in [6.07, 6.45) is 58.3. The van der Waals surface area contributed by atoms with E-state index in [9.17, 15) is 19.0 Å². The minimum atomic E-state index is -4.65. The molecule has 0 rings (SSSR count). The predicted octanol–water partition coefficient (Wildman–Crippen LogP) is 13.3. The van der Waals surface area contributed by atoms with Gasteiger partial charge < -0.3 is 27.9 Å². The van der Waals surface area contributed by atoms with Gasteiger partial charge in [0, 0.05) is 12.8 Å². The number of ether oxygens (including phenoxy) is 2. The van der Waals surface area contributed by atoms with Gasteiger partial charge in [-0.15, -0.1) is 0 Å². The van der Waals surface area contributed by atoms with E-state index in [1.807, 2.05) is 21.1 Å². The van der Waals surface area contributed by atoms with Crippen LogP contribution in [0.5, 0.6) is 0 Å². The molecule has 0 aliphatic heterocycles. The normalized spacial score (nSPS) is 14.5. The Kier molecular flexibility index (Phi) is 40.6. The van der Waals surface area contributed by atoms with Crippen molar-refractivity contribution in [3.8, 4) is 0 Å². The first-order chi connectivity index (χ1) is 30.0. The maximum absolute atomic E-state index is 12.7. The molecule has 352 valence electrons. The smallest absolute Gasteiger partial charge is 0.306 e. The van der Waals surface area contributed by atoms with Gasteiger partial charge in [-0.3, -0.25) is 14.2 Å². The average molecular weight is 884 g/mol. The Morgan fingerprint density at radius 3 is 1.34 bits per heavy atom. The van der Waals surface area contributed by atoms with Crippen LogP contribution in [0.4, 0.5) is 0 Å². The molecule has 0 bridgehead atoms. The van der Waals surface area contributed by atoms with Gasteiger partial charge in [-0.1, -0.05) is 149 Å². The second-order valence-corrected chi connectivity index (χ2v) is 17.8.